The van der Waals surface area contributed by atoms with Gasteiger partial charge in [-0.1, -0.05) is 133 Å². The predicted octanol–water partition coefficient (Wildman–Crippen LogP) is 11.3. The van der Waals surface area contributed by atoms with Crippen molar-refractivity contribution in [3.8, 4) is 33.9 Å². The lowest BCUT2D eigenvalue weighted by Crippen LogP contribution is -2.19. The van der Waals surface area contributed by atoms with Gasteiger partial charge < -0.3 is 4.42 Å². The number of furan rings is 1. The van der Waals surface area contributed by atoms with Crippen LogP contribution in [0, 0.1) is 5.92 Å². The highest BCUT2D eigenvalue weighted by Crippen LogP contribution is 2.46. The molecule has 0 amide bonds. The summed E-state index contributed by atoms with van der Waals surface area (Å²) in [7, 11) is 0. The monoisotopic (exact) mass is 627 g/mol. The second-order valence-electron chi connectivity index (χ2n) is 12.8. The molecule has 10 rings (SSSR count). The molecule has 4 nitrogen and oxygen atoms in total. The Kier molecular flexibility index (Phi) is 6.28. The second-order valence-corrected chi connectivity index (χ2v) is 12.8. The number of rotatable bonds is 4. The van der Waals surface area contributed by atoms with Gasteiger partial charge in [0.05, 0.1) is 0 Å². The zero-order valence-electron chi connectivity index (χ0n) is 26.5. The Morgan fingerprint density at radius 3 is 2.12 bits per heavy atom. The molecule has 2 heterocycles. The molecule has 2 aromatic heterocycles. The number of hydrogen-bond acceptors (Lipinski definition) is 4. The van der Waals surface area contributed by atoms with Crippen LogP contribution in [-0.2, 0) is 0 Å². The van der Waals surface area contributed by atoms with Gasteiger partial charge in [0.15, 0.2) is 17.5 Å². The standard InChI is InChI=1S/C45H29N3O/c1-2-11-28(12-3-1)30-23-21-29-22-24-32(26-33(29)25-30)43-46-44(38-18-10-20-41-42(38)37-17-8-9-19-40(37)49-41)48-45(47-43)39-27-31-13-4-5-14-34(31)35-15-6-7-16-36(35)39/h1-27,35-36H. The van der Waals surface area contributed by atoms with Crippen LogP contribution in [0.15, 0.2) is 162 Å². The van der Waals surface area contributed by atoms with Crippen molar-refractivity contribution in [1.29, 1.82) is 0 Å². The summed E-state index contributed by atoms with van der Waals surface area (Å²) in [6.45, 7) is 0. The fourth-order valence-electron chi connectivity index (χ4n) is 7.54. The Morgan fingerprint density at radius 1 is 0.490 bits per heavy atom. The first-order valence-electron chi connectivity index (χ1n) is 16.7. The quantitative estimate of drug-likeness (QED) is 0.195. The average molecular weight is 628 g/mol. The minimum Gasteiger partial charge on any atom is -0.456 e. The van der Waals surface area contributed by atoms with E-state index in [1.54, 1.807) is 0 Å². The number of hydrogen-bond donors (Lipinski definition) is 0. The number of fused-ring (bicyclic) bond motifs is 7. The van der Waals surface area contributed by atoms with Crippen LogP contribution in [0.3, 0.4) is 0 Å². The van der Waals surface area contributed by atoms with Crippen molar-refractivity contribution in [2.75, 3.05) is 0 Å². The normalized spacial score (nSPS) is 16.5. The van der Waals surface area contributed by atoms with Crippen molar-refractivity contribution in [3.63, 3.8) is 0 Å². The molecule has 8 aromatic rings. The van der Waals surface area contributed by atoms with Gasteiger partial charge in [0.25, 0.3) is 0 Å². The molecule has 49 heavy (non-hydrogen) atoms. The topological polar surface area (TPSA) is 51.8 Å². The summed E-state index contributed by atoms with van der Waals surface area (Å²) >= 11 is 0. The summed E-state index contributed by atoms with van der Waals surface area (Å²) in [5, 5.41) is 4.35. The highest BCUT2D eigenvalue weighted by Gasteiger charge is 2.32. The van der Waals surface area contributed by atoms with E-state index in [0.29, 0.717) is 17.5 Å². The summed E-state index contributed by atoms with van der Waals surface area (Å²) < 4.78 is 6.28. The Bertz CT molecular complexity index is 2680. The summed E-state index contributed by atoms with van der Waals surface area (Å²) in [4.78, 5) is 15.8. The average Bonchev–Trinajstić information content (AvgIpc) is 3.56. The fraction of sp³-hybridized carbons (Fsp3) is 0.0444. The lowest BCUT2D eigenvalue weighted by atomic mass is 9.72. The van der Waals surface area contributed by atoms with Crippen LogP contribution in [0.1, 0.15) is 22.9 Å². The lowest BCUT2D eigenvalue weighted by Gasteiger charge is -2.31. The van der Waals surface area contributed by atoms with Crippen molar-refractivity contribution in [1.82, 2.24) is 15.0 Å². The third kappa shape index (κ3) is 4.64. The van der Waals surface area contributed by atoms with Gasteiger partial charge in [-0.3, -0.25) is 0 Å². The van der Waals surface area contributed by atoms with Gasteiger partial charge in [-0.05, 0) is 63.4 Å². The molecule has 2 atom stereocenters. The van der Waals surface area contributed by atoms with Crippen LogP contribution in [0.4, 0.5) is 0 Å². The number of para-hydroxylation sites is 1. The van der Waals surface area contributed by atoms with E-state index < -0.39 is 0 Å². The maximum Gasteiger partial charge on any atom is 0.164 e. The summed E-state index contributed by atoms with van der Waals surface area (Å²) in [5.74, 6) is 2.28. The summed E-state index contributed by atoms with van der Waals surface area (Å²) in [5.41, 5.74) is 9.50. The molecule has 0 fully saturated rings. The Labute approximate surface area is 283 Å². The molecule has 0 N–H and O–H groups in total. The van der Waals surface area contributed by atoms with Crippen LogP contribution in [0.25, 0.3) is 78.3 Å². The molecule has 2 aliphatic rings. The Balaban J connectivity index is 1.21. The second kappa shape index (κ2) is 11.1. The lowest BCUT2D eigenvalue weighted by molar-refractivity contribution is 0.669. The summed E-state index contributed by atoms with van der Waals surface area (Å²) in [6.07, 6.45) is 11.1. The molecule has 0 saturated carbocycles. The van der Waals surface area contributed by atoms with Gasteiger partial charge in [0, 0.05) is 39.3 Å². The van der Waals surface area contributed by atoms with Gasteiger partial charge in [-0.15, -0.1) is 0 Å². The zero-order valence-corrected chi connectivity index (χ0v) is 26.5. The minimum absolute atomic E-state index is 0.110. The van der Waals surface area contributed by atoms with Gasteiger partial charge in [0.1, 0.15) is 11.2 Å². The molecule has 6 aromatic carbocycles. The smallest absolute Gasteiger partial charge is 0.164 e. The van der Waals surface area contributed by atoms with Crippen molar-refractivity contribution >= 4 is 44.4 Å². The van der Waals surface area contributed by atoms with Crippen LogP contribution < -0.4 is 0 Å². The molecule has 230 valence electrons. The molecule has 4 heteroatoms. The van der Waals surface area contributed by atoms with Crippen molar-refractivity contribution < 1.29 is 4.42 Å². The molecule has 2 aliphatic carbocycles. The van der Waals surface area contributed by atoms with E-state index >= 15 is 0 Å². The minimum atomic E-state index is 0.110. The highest BCUT2D eigenvalue weighted by molar-refractivity contribution is 6.11. The first kappa shape index (κ1) is 27.7. The first-order valence-corrected chi connectivity index (χ1v) is 16.7. The van der Waals surface area contributed by atoms with Crippen LogP contribution in [0.2, 0.25) is 0 Å². The maximum absolute atomic E-state index is 6.28. The van der Waals surface area contributed by atoms with E-state index in [1.165, 1.54) is 27.6 Å². The molecule has 0 radical (unpaired) electrons. The highest BCUT2D eigenvalue weighted by atomic mass is 16.3. The molecule has 0 spiro atoms. The van der Waals surface area contributed by atoms with Crippen molar-refractivity contribution in [2.45, 2.75) is 5.92 Å². The molecule has 0 saturated heterocycles. The van der Waals surface area contributed by atoms with Gasteiger partial charge in [-0.25, -0.2) is 15.0 Å². The van der Waals surface area contributed by atoms with Gasteiger partial charge in [-0.2, -0.15) is 0 Å². The maximum atomic E-state index is 6.28. The largest absolute Gasteiger partial charge is 0.456 e. The molecule has 2 unspecified atom stereocenters. The molecular formula is C45H29N3O. The van der Waals surface area contributed by atoms with E-state index in [1.807, 2.05) is 36.4 Å². The number of aromatic nitrogens is 3. The van der Waals surface area contributed by atoms with Crippen LogP contribution in [0.5, 0.6) is 0 Å². The Hall–Kier alpha value is -6.39. The number of allylic oxidation sites excluding steroid dienone is 5. The van der Waals surface area contributed by atoms with E-state index in [-0.39, 0.29) is 11.8 Å². The number of benzene rings is 6. The van der Waals surface area contributed by atoms with E-state index in [0.717, 1.165) is 44.0 Å². The Morgan fingerprint density at radius 2 is 1.20 bits per heavy atom. The van der Waals surface area contributed by atoms with E-state index in [4.69, 9.17) is 19.4 Å². The summed E-state index contributed by atoms with van der Waals surface area (Å²) in [6, 6.07) is 46.5. The third-order valence-electron chi connectivity index (χ3n) is 9.90. The van der Waals surface area contributed by atoms with Gasteiger partial charge >= 0.3 is 0 Å². The van der Waals surface area contributed by atoms with Crippen molar-refractivity contribution in [3.05, 3.63) is 175 Å². The van der Waals surface area contributed by atoms with Crippen molar-refractivity contribution in [2.24, 2.45) is 5.92 Å². The number of nitrogens with zero attached hydrogens (tertiary/aromatic N) is 3. The van der Waals surface area contributed by atoms with Crippen LogP contribution in [-0.4, -0.2) is 15.0 Å². The SMILES string of the molecule is C1=CC2C(c3nc(-c4ccc5ccc(-c6ccccc6)cc5c4)nc(-c4cccc5oc6ccccc6c45)n3)=Cc3ccccc3C2C=C1. The predicted molar refractivity (Wildman–Crippen MR) is 200 cm³/mol. The zero-order chi connectivity index (χ0) is 32.3. The van der Waals surface area contributed by atoms with Crippen LogP contribution >= 0.6 is 0 Å². The van der Waals surface area contributed by atoms with E-state index in [2.05, 4.69) is 127 Å². The molecule has 0 bridgehead atoms. The van der Waals surface area contributed by atoms with Gasteiger partial charge in [0.2, 0.25) is 0 Å². The molecule has 0 aliphatic heterocycles. The first-order chi connectivity index (χ1) is 24.3. The molecular weight excluding hydrogens is 599 g/mol. The van der Waals surface area contributed by atoms with E-state index in [9.17, 15) is 0 Å². The fourth-order valence-corrected chi connectivity index (χ4v) is 7.54. The third-order valence-corrected chi connectivity index (χ3v) is 9.90.